The number of hydrogen-bond donors (Lipinski definition) is 0. The number of allylic oxidation sites excluding steroid dienone is 3. The number of unbranched alkanes of at least 4 members (excludes halogenated alkanes) is 1. The Kier molecular flexibility index (Phi) is 4.96. The molecule has 1 fully saturated rings. The van der Waals surface area contributed by atoms with Gasteiger partial charge in [0, 0.05) is 0 Å². The summed E-state index contributed by atoms with van der Waals surface area (Å²) in [7, 11) is 5.85. The first-order valence-electron chi connectivity index (χ1n) is 5.36. The average molecular weight is 174 g/mol. The van der Waals surface area contributed by atoms with Gasteiger partial charge in [-0.1, -0.05) is 56.3 Å². The topological polar surface area (TPSA) is 0 Å². The Bertz CT molecular complexity index is 172. The molecule has 0 heterocycles. The zero-order chi connectivity index (χ0) is 9.52. The van der Waals surface area contributed by atoms with E-state index in [1.54, 1.807) is 0 Å². The SMILES string of the molecule is [B]C1CCC(CCC/C=C/C=C)C1. The van der Waals surface area contributed by atoms with Crippen molar-refractivity contribution in [1.82, 2.24) is 0 Å². The predicted octanol–water partition coefficient (Wildman–Crippen LogP) is 3.66. The molecule has 0 bridgehead atoms. The van der Waals surface area contributed by atoms with Crippen molar-refractivity contribution in [1.29, 1.82) is 0 Å². The van der Waals surface area contributed by atoms with Crippen LogP contribution in [0.4, 0.5) is 0 Å². The third-order valence-corrected chi connectivity index (χ3v) is 2.84. The molecule has 1 aliphatic rings. The normalized spacial score (nSPS) is 28.3. The van der Waals surface area contributed by atoms with Crippen molar-refractivity contribution in [3.8, 4) is 0 Å². The van der Waals surface area contributed by atoms with Gasteiger partial charge in [0.1, 0.15) is 0 Å². The molecule has 0 saturated heterocycles. The van der Waals surface area contributed by atoms with Gasteiger partial charge in [-0.25, -0.2) is 0 Å². The maximum Gasteiger partial charge on any atom is 0.0699 e. The maximum atomic E-state index is 5.85. The van der Waals surface area contributed by atoms with E-state index in [9.17, 15) is 0 Å². The first-order valence-corrected chi connectivity index (χ1v) is 5.36. The molecular formula is C12H19B. The number of rotatable bonds is 5. The zero-order valence-corrected chi connectivity index (χ0v) is 8.41. The summed E-state index contributed by atoms with van der Waals surface area (Å²) in [5, 5.41) is 0. The minimum atomic E-state index is 0.494. The summed E-state index contributed by atoms with van der Waals surface area (Å²) < 4.78 is 0. The Morgan fingerprint density at radius 3 is 2.85 bits per heavy atom. The molecule has 0 aromatic carbocycles. The second-order valence-corrected chi connectivity index (χ2v) is 4.03. The third kappa shape index (κ3) is 4.35. The van der Waals surface area contributed by atoms with Gasteiger partial charge in [0.2, 0.25) is 0 Å². The molecule has 0 aliphatic heterocycles. The van der Waals surface area contributed by atoms with E-state index in [0.29, 0.717) is 5.82 Å². The molecule has 0 aromatic rings. The van der Waals surface area contributed by atoms with Crippen LogP contribution in [0, 0.1) is 5.92 Å². The molecule has 2 radical (unpaired) electrons. The highest BCUT2D eigenvalue weighted by Crippen LogP contribution is 2.35. The van der Waals surface area contributed by atoms with Crippen LogP contribution in [-0.2, 0) is 0 Å². The molecule has 2 atom stereocenters. The highest BCUT2D eigenvalue weighted by atomic mass is 14.2. The van der Waals surface area contributed by atoms with Crippen molar-refractivity contribution in [3.05, 3.63) is 24.8 Å². The van der Waals surface area contributed by atoms with Crippen molar-refractivity contribution in [2.24, 2.45) is 5.92 Å². The molecule has 70 valence electrons. The molecule has 1 aliphatic carbocycles. The Labute approximate surface area is 83.5 Å². The van der Waals surface area contributed by atoms with Gasteiger partial charge >= 0.3 is 0 Å². The fraction of sp³-hybridized carbons (Fsp3) is 0.667. The van der Waals surface area contributed by atoms with Gasteiger partial charge in [0.25, 0.3) is 0 Å². The lowest BCUT2D eigenvalue weighted by molar-refractivity contribution is 0.486. The molecule has 0 spiro atoms. The fourth-order valence-corrected chi connectivity index (χ4v) is 2.09. The first kappa shape index (κ1) is 10.6. The van der Waals surface area contributed by atoms with Crippen molar-refractivity contribution in [2.75, 3.05) is 0 Å². The molecule has 0 aromatic heterocycles. The van der Waals surface area contributed by atoms with Gasteiger partial charge < -0.3 is 0 Å². The molecule has 0 N–H and O–H groups in total. The highest BCUT2D eigenvalue weighted by molar-refractivity contribution is 6.11. The Morgan fingerprint density at radius 1 is 1.38 bits per heavy atom. The second kappa shape index (κ2) is 6.07. The molecule has 0 amide bonds. The number of hydrogen-bond acceptors (Lipinski definition) is 0. The molecular weight excluding hydrogens is 155 g/mol. The van der Waals surface area contributed by atoms with E-state index in [4.69, 9.17) is 7.85 Å². The van der Waals surface area contributed by atoms with Crippen LogP contribution in [0.3, 0.4) is 0 Å². The van der Waals surface area contributed by atoms with Crippen molar-refractivity contribution < 1.29 is 0 Å². The lowest BCUT2D eigenvalue weighted by atomic mass is 9.85. The first-order chi connectivity index (χ1) is 6.33. The molecule has 13 heavy (non-hydrogen) atoms. The lowest BCUT2D eigenvalue weighted by Gasteiger charge is -2.07. The lowest BCUT2D eigenvalue weighted by Crippen LogP contribution is -1.93. The van der Waals surface area contributed by atoms with Crippen LogP contribution in [0.15, 0.2) is 24.8 Å². The van der Waals surface area contributed by atoms with E-state index in [1.165, 1.54) is 38.5 Å². The van der Waals surface area contributed by atoms with Crippen LogP contribution in [0.25, 0.3) is 0 Å². The van der Waals surface area contributed by atoms with Crippen LogP contribution in [0.2, 0.25) is 5.82 Å². The summed E-state index contributed by atoms with van der Waals surface area (Å²) in [6, 6.07) is 0. The third-order valence-electron chi connectivity index (χ3n) is 2.84. The van der Waals surface area contributed by atoms with Gasteiger partial charge in [-0.05, 0) is 18.8 Å². The van der Waals surface area contributed by atoms with Gasteiger partial charge in [0.05, 0.1) is 7.85 Å². The van der Waals surface area contributed by atoms with Crippen LogP contribution < -0.4 is 0 Å². The minimum absolute atomic E-state index is 0.494. The summed E-state index contributed by atoms with van der Waals surface area (Å²) in [4.78, 5) is 0. The summed E-state index contributed by atoms with van der Waals surface area (Å²) in [5.41, 5.74) is 0. The van der Waals surface area contributed by atoms with Crippen LogP contribution in [0.5, 0.6) is 0 Å². The van der Waals surface area contributed by atoms with Gasteiger partial charge in [-0.2, -0.15) is 0 Å². The van der Waals surface area contributed by atoms with Gasteiger partial charge in [-0.15, -0.1) is 0 Å². The summed E-state index contributed by atoms with van der Waals surface area (Å²) in [5.74, 6) is 1.40. The maximum absolute atomic E-state index is 5.85. The standard InChI is InChI=1S/C12H19B/c1-2-3-4-5-6-7-11-8-9-12(13)10-11/h2-4,11-12H,1,5-10H2/b4-3+. The van der Waals surface area contributed by atoms with E-state index in [1.807, 2.05) is 12.2 Å². The summed E-state index contributed by atoms with van der Waals surface area (Å²) in [6.07, 6.45) is 13.8. The fourth-order valence-electron chi connectivity index (χ4n) is 2.09. The molecule has 2 unspecified atom stereocenters. The molecule has 1 saturated carbocycles. The highest BCUT2D eigenvalue weighted by Gasteiger charge is 2.19. The van der Waals surface area contributed by atoms with Crippen LogP contribution in [-0.4, -0.2) is 7.85 Å². The second-order valence-electron chi connectivity index (χ2n) is 4.03. The van der Waals surface area contributed by atoms with E-state index in [2.05, 4.69) is 12.7 Å². The van der Waals surface area contributed by atoms with Crippen LogP contribution in [0.1, 0.15) is 38.5 Å². The van der Waals surface area contributed by atoms with Crippen molar-refractivity contribution >= 4 is 7.85 Å². The van der Waals surface area contributed by atoms with E-state index < -0.39 is 0 Å². The van der Waals surface area contributed by atoms with Crippen LogP contribution >= 0.6 is 0 Å². The largest absolute Gasteiger partial charge is 0.0991 e. The molecule has 1 heteroatoms. The van der Waals surface area contributed by atoms with Crippen molar-refractivity contribution in [3.63, 3.8) is 0 Å². The van der Waals surface area contributed by atoms with E-state index >= 15 is 0 Å². The zero-order valence-electron chi connectivity index (χ0n) is 8.41. The Morgan fingerprint density at radius 2 is 2.23 bits per heavy atom. The summed E-state index contributed by atoms with van der Waals surface area (Å²) >= 11 is 0. The predicted molar refractivity (Wildman–Crippen MR) is 60.0 cm³/mol. The average Bonchev–Trinajstić information content (AvgIpc) is 2.51. The van der Waals surface area contributed by atoms with Crippen molar-refractivity contribution in [2.45, 2.75) is 44.3 Å². The molecule has 0 nitrogen and oxygen atoms in total. The minimum Gasteiger partial charge on any atom is -0.0991 e. The smallest absolute Gasteiger partial charge is 0.0699 e. The summed E-state index contributed by atoms with van der Waals surface area (Å²) in [6.45, 7) is 3.64. The van der Waals surface area contributed by atoms with E-state index in [-0.39, 0.29) is 0 Å². The Balaban J connectivity index is 2.00. The van der Waals surface area contributed by atoms with E-state index in [0.717, 1.165) is 5.92 Å². The monoisotopic (exact) mass is 174 g/mol. The molecule has 1 rings (SSSR count). The Hall–Kier alpha value is -0.455. The quantitative estimate of drug-likeness (QED) is 0.339. The van der Waals surface area contributed by atoms with Gasteiger partial charge in [-0.3, -0.25) is 0 Å². The van der Waals surface area contributed by atoms with Gasteiger partial charge in [0.15, 0.2) is 0 Å².